The summed E-state index contributed by atoms with van der Waals surface area (Å²) in [5.41, 5.74) is 2.21. The van der Waals surface area contributed by atoms with Gasteiger partial charge in [0, 0.05) is 10.4 Å². The van der Waals surface area contributed by atoms with Crippen molar-refractivity contribution in [2.75, 3.05) is 7.11 Å². The van der Waals surface area contributed by atoms with E-state index in [9.17, 15) is 9.59 Å². The fraction of sp³-hybridized carbons (Fsp3) is 0.115. The van der Waals surface area contributed by atoms with Gasteiger partial charge >= 0.3 is 5.97 Å². The van der Waals surface area contributed by atoms with E-state index in [2.05, 4.69) is 5.10 Å². The molecule has 2 aliphatic heterocycles. The fourth-order valence-corrected chi connectivity index (χ4v) is 3.85. The summed E-state index contributed by atoms with van der Waals surface area (Å²) in [6.45, 7) is 0.0911. The first-order valence-electron chi connectivity index (χ1n) is 10.5. The van der Waals surface area contributed by atoms with E-state index in [0.29, 0.717) is 33.1 Å². The number of esters is 1. The maximum atomic E-state index is 13.3. The lowest BCUT2D eigenvalue weighted by Crippen LogP contribution is -2.17. The zero-order valence-electron chi connectivity index (χ0n) is 18.2. The van der Waals surface area contributed by atoms with Crippen LogP contribution in [0.5, 0.6) is 5.75 Å². The van der Waals surface area contributed by atoms with E-state index in [1.807, 2.05) is 30.3 Å². The lowest BCUT2D eigenvalue weighted by Gasteiger charge is -2.09. The van der Waals surface area contributed by atoms with E-state index in [1.165, 1.54) is 4.68 Å². The minimum absolute atomic E-state index is 0.0911. The SMILES string of the molecule is COc1ccc(COC(=O)Cc2oc3ccccc3c3nn(-c4ccc(Cl)cc4)c(=O)c2-3)cc1. The Labute approximate surface area is 199 Å². The van der Waals surface area contributed by atoms with Crippen LogP contribution in [-0.2, 0) is 22.6 Å². The van der Waals surface area contributed by atoms with E-state index in [1.54, 1.807) is 49.6 Å². The molecule has 0 unspecified atom stereocenters. The second-order valence-electron chi connectivity index (χ2n) is 7.62. The molecule has 0 saturated heterocycles. The summed E-state index contributed by atoms with van der Waals surface area (Å²) in [5, 5.41) is 5.78. The van der Waals surface area contributed by atoms with E-state index in [0.717, 1.165) is 5.56 Å². The third-order valence-corrected chi connectivity index (χ3v) is 5.68. The molecule has 0 amide bonds. The number of hydrogen-bond acceptors (Lipinski definition) is 6. The first-order chi connectivity index (χ1) is 16.5. The van der Waals surface area contributed by atoms with Crippen molar-refractivity contribution in [3.63, 3.8) is 0 Å². The molecule has 0 atom stereocenters. The Kier molecular flexibility index (Phi) is 5.77. The summed E-state index contributed by atoms with van der Waals surface area (Å²) in [6.07, 6.45) is -0.209. The molecule has 0 aliphatic carbocycles. The molecule has 8 heteroatoms. The predicted octanol–water partition coefficient (Wildman–Crippen LogP) is 5.03. The van der Waals surface area contributed by atoms with Crippen LogP contribution in [0.1, 0.15) is 11.3 Å². The van der Waals surface area contributed by atoms with Crippen LogP contribution in [0.2, 0.25) is 5.02 Å². The van der Waals surface area contributed by atoms with Crippen molar-refractivity contribution < 1.29 is 18.7 Å². The number of benzene rings is 3. The van der Waals surface area contributed by atoms with Crippen LogP contribution in [0.4, 0.5) is 0 Å². The smallest absolute Gasteiger partial charge is 0.313 e. The number of hydrogen-bond donors (Lipinski definition) is 0. The van der Waals surface area contributed by atoms with Crippen molar-refractivity contribution in [2.45, 2.75) is 13.0 Å². The molecule has 0 N–H and O–H groups in total. The number of methoxy groups -OCH3 is 1. The molecule has 0 spiro atoms. The summed E-state index contributed by atoms with van der Waals surface area (Å²) in [5.74, 6) is 0.404. The zero-order valence-corrected chi connectivity index (χ0v) is 18.9. The Morgan fingerprint density at radius 2 is 1.76 bits per heavy atom. The van der Waals surface area contributed by atoms with Crippen molar-refractivity contribution in [1.82, 2.24) is 9.78 Å². The molecule has 0 fully saturated rings. The van der Waals surface area contributed by atoms with Gasteiger partial charge in [0.2, 0.25) is 0 Å². The molecular formula is C26H19ClN2O5. The van der Waals surface area contributed by atoms with E-state index >= 15 is 0 Å². The number of rotatable bonds is 6. The summed E-state index contributed by atoms with van der Waals surface area (Å²) in [7, 11) is 1.59. The Hall–Kier alpha value is -4.10. The van der Waals surface area contributed by atoms with Crippen molar-refractivity contribution in [3.05, 3.63) is 99.5 Å². The predicted molar refractivity (Wildman–Crippen MR) is 128 cm³/mol. The van der Waals surface area contributed by atoms with Crippen molar-refractivity contribution in [1.29, 1.82) is 0 Å². The van der Waals surface area contributed by atoms with Crippen LogP contribution in [-0.4, -0.2) is 22.9 Å². The number of nitrogens with zero attached hydrogens (tertiary/aromatic N) is 2. The van der Waals surface area contributed by atoms with Crippen LogP contribution in [0.3, 0.4) is 0 Å². The first-order valence-corrected chi connectivity index (χ1v) is 10.9. The third-order valence-electron chi connectivity index (χ3n) is 5.43. The number of fused-ring (bicyclic) bond motifs is 3. The first kappa shape index (κ1) is 21.7. The average molecular weight is 475 g/mol. The fourth-order valence-electron chi connectivity index (χ4n) is 3.73. The molecule has 3 aromatic rings. The lowest BCUT2D eigenvalue weighted by atomic mass is 10.1. The van der Waals surface area contributed by atoms with Gasteiger partial charge in [0.05, 0.1) is 12.8 Å². The minimum Gasteiger partial charge on any atom is -0.497 e. The Balaban J connectivity index is 1.50. The van der Waals surface area contributed by atoms with Gasteiger partial charge in [0.1, 0.15) is 41.4 Å². The van der Waals surface area contributed by atoms with E-state index < -0.39 is 5.97 Å². The van der Waals surface area contributed by atoms with Gasteiger partial charge in [-0.2, -0.15) is 9.78 Å². The van der Waals surface area contributed by atoms with Crippen LogP contribution < -0.4 is 10.3 Å². The minimum atomic E-state index is -0.519. The zero-order chi connectivity index (χ0) is 23.7. The van der Waals surface area contributed by atoms with Gasteiger partial charge in [-0.3, -0.25) is 9.59 Å². The molecule has 0 bridgehead atoms. The largest absolute Gasteiger partial charge is 0.497 e. The van der Waals surface area contributed by atoms with E-state index in [4.69, 9.17) is 25.5 Å². The monoisotopic (exact) mass is 474 g/mol. The maximum absolute atomic E-state index is 13.3. The normalized spacial score (nSPS) is 11.1. The number of halogens is 1. The Morgan fingerprint density at radius 1 is 1.03 bits per heavy atom. The molecule has 0 aromatic heterocycles. The molecular weight excluding hydrogens is 456 g/mol. The second-order valence-corrected chi connectivity index (χ2v) is 8.06. The highest BCUT2D eigenvalue weighted by Gasteiger charge is 2.26. The lowest BCUT2D eigenvalue weighted by molar-refractivity contribution is -0.144. The maximum Gasteiger partial charge on any atom is 0.313 e. The number of ether oxygens (including phenoxy) is 2. The molecule has 3 aromatic carbocycles. The highest BCUT2D eigenvalue weighted by Crippen LogP contribution is 2.32. The summed E-state index contributed by atoms with van der Waals surface area (Å²) >= 11 is 5.99. The Morgan fingerprint density at radius 3 is 2.50 bits per heavy atom. The van der Waals surface area contributed by atoms with Gasteiger partial charge in [-0.15, -0.1) is 0 Å². The molecule has 0 radical (unpaired) electrons. The van der Waals surface area contributed by atoms with E-state index in [-0.39, 0.29) is 29.9 Å². The van der Waals surface area contributed by atoms with Gasteiger partial charge in [-0.25, -0.2) is 0 Å². The molecule has 0 saturated carbocycles. The summed E-state index contributed by atoms with van der Waals surface area (Å²) in [4.78, 5) is 26.0. The topological polar surface area (TPSA) is 83.6 Å². The molecule has 34 heavy (non-hydrogen) atoms. The van der Waals surface area contributed by atoms with Gasteiger partial charge in [0.15, 0.2) is 0 Å². The van der Waals surface area contributed by atoms with Gasteiger partial charge in [-0.05, 0) is 54.1 Å². The van der Waals surface area contributed by atoms with Gasteiger partial charge in [-0.1, -0.05) is 35.9 Å². The molecule has 170 valence electrons. The number of aromatic nitrogens is 2. The second kappa shape index (κ2) is 9.03. The van der Waals surface area contributed by atoms with Crippen LogP contribution in [0, 0.1) is 0 Å². The third kappa shape index (κ3) is 4.13. The van der Waals surface area contributed by atoms with Crippen molar-refractivity contribution >= 4 is 28.5 Å². The van der Waals surface area contributed by atoms with Crippen molar-refractivity contribution in [2.24, 2.45) is 0 Å². The summed E-state index contributed by atoms with van der Waals surface area (Å²) < 4.78 is 17.8. The highest BCUT2D eigenvalue weighted by molar-refractivity contribution is 6.30. The molecule has 2 aliphatic rings. The molecule has 7 nitrogen and oxygen atoms in total. The van der Waals surface area contributed by atoms with Crippen molar-refractivity contribution in [3.8, 4) is 22.7 Å². The summed E-state index contributed by atoms with van der Waals surface area (Å²) in [6, 6.07) is 21.2. The van der Waals surface area contributed by atoms with Gasteiger partial charge < -0.3 is 13.9 Å². The molecule has 5 rings (SSSR count). The number of carbonyl (C=O) groups is 1. The van der Waals surface area contributed by atoms with Gasteiger partial charge in [0.25, 0.3) is 5.56 Å². The number of carbonyl (C=O) groups excluding carboxylic acids is 1. The standard InChI is InChI=1S/C26H19ClN2O5/c1-32-19-12-6-16(7-13-19)15-33-23(30)14-22-24-25(20-4-2-3-5-21(20)34-22)28-29(26(24)31)18-10-8-17(27)9-11-18/h2-13H,14-15H2,1H3. The Bertz CT molecular complexity index is 1500. The van der Waals surface area contributed by atoms with Crippen LogP contribution >= 0.6 is 11.6 Å². The highest BCUT2D eigenvalue weighted by atomic mass is 35.5. The van der Waals surface area contributed by atoms with Crippen LogP contribution in [0.15, 0.2) is 82.0 Å². The quantitative estimate of drug-likeness (QED) is 0.321. The van der Waals surface area contributed by atoms with Crippen LogP contribution in [0.25, 0.3) is 27.9 Å². The molecule has 2 heterocycles. The average Bonchev–Trinajstić information content (AvgIpc) is 3.21. The number of para-hydroxylation sites is 1.